The Hall–Kier alpha value is -3.26. The Bertz CT molecular complexity index is 1370. The first kappa shape index (κ1) is 27.3. The van der Waals surface area contributed by atoms with E-state index >= 15 is 0 Å². The number of pyridine rings is 1. The van der Waals surface area contributed by atoms with Crippen molar-refractivity contribution in [3.05, 3.63) is 59.3 Å². The second kappa shape index (κ2) is 11.5. The van der Waals surface area contributed by atoms with Gasteiger partial charge in [0.25, 0.3) is 5.91 Å². The molecule has 0 spiro atoms. The van der Waals surface area contributed by atoms with Gasteiger partial charge in [-0.2, -0.15) is 0 Å². The first-order chi connectivity index (χ1) is 18.7. The molecule has 7 nitrogen and oxygen atoms in total. The Kier molecular flexibility index (Phi) is 8.03. The standard InChI is InChI=1S/C31H40FN5O2/c1-20(2)35(4)31(39)26-14-25(32)6-7-27(26)37-19-24(30-21(3)15-33-16-28(30)37)13-23-10-12-36(18-23)17-22-5-8-29(38)34-11-9-22/h6-7,14-16,19-20,22-23H,5,8-13,17-18H2,1-4H3,(H,34,38)/t22?,23-/m0/s1. The second-order valence-electron chi connectivity index (χ2n) is 11.7. The maximum Gasteiger partial charge on any atom is 0.256 e. The van der Waals surface area contributed by atoms with Gasteiger partial charge >= 0.3 is 0 Å². The third kappa shape index (κ3) is 5.86. The fourth-order valence-corrected chi connectivity index (χ4v) is 6.20. The van der Waals surface area contributed by atoms with E-state index in [0.29, 0.717) is 29.5 Å². The lowest BCUT2D eigenvalue weighted by atomic mass is 9.97. The van der Waals surface area contributed by atoms with Crippen molar-refractivity contribution in [1.29, 1.82) is 0 Å². The molecule has 2 aliphatic heterocycles. The van der Waals surface area contributed by atoms with Gasteiger partial charge in [0, 0.05) is 56.9 Å². The van der Waals surface area contributed by atoms with E-state index in [0.717, 1.165) is 68.3 Å². The molecule has 2 saturated heterocycles. The van der Waals surface area contributed by atoms with E-state index in [2.05, 4.69) is 28.3 Å². The third-order valence-corrected chi connectivity index (χ3v) is 8.57. The smallest absolute Gasteiger partial charge is 0.256 e. The number of amides is 2. The summed E-state index contributed by atoms with van der Waals surface area (Å²) in [4.78, 5) is 33.8. The van der Waals surface area contributed by atoms with Crippen LogP contribution >= 0.6 is 0 Å². The monoisotopic (exact) mass is 533 g/mol. The summed E-state index contributed by atoms with van der Waals surface area (Å²) in [5.74, 6) is 0.648. The zero-order chi connectivity index (χ0) is 27.7. The molecule has 0 aliphatic carbocycles. The minimum atomic E-state index is -0.426. The highest BCUT2D eigenvalue weighted by Gasteiger charge is 2.28. The number of halogens is 1. The van der Waals surface area contributed by atoms with E-state index in [4.69, 9.17) is 0 Å². The molecular formula is C31H40FN5O2. The number of carbonyl (C=O) groups excluding carboxylic acids is 2. The first-order valence-electron chi connectivity index (χ1n) is 14.2. The van der Waals surface area contributed by atoms with Gasteiger partial charge in [0.05, 0.1) is 23.0 Å². The van der Waals surface area contributed by atoms with E-state index in [1.807, 2.05) is 30.8 Å². The Balaban J connectivity index is 1.41. The number of likely N-dealkylation sites (tertiary alicyclic amines) is 1. The van der Waals surface area contributed by atoms with Crippen LogP contribution in [0.25, 0.3) is 16.6 Å². The largest absolute Gasteiger partial charge is 0.356 e. The molecule has 5 rings (SSSR count). The molecule has 39 heavy (non-hydrogen) atoms. The highest BCUT2D eigenvalue weighted by Crippen LogP contribution is 2.33. The Morgan fingerprint density at radius 2 is 2.03 bits per heavy atom. The summed E-state index contributed by atoms with van der Waals surface area (Å²) in [6, 6.07) is 4.46. The number of fused-ring (bicyclic) bond motifs is 1. The van der Waals surface area contributed by atoms with Gasteiger partial charge in [0.1, 0.15) is 5.82 Å². The van der Waals surface area contributed by atoms with Crippen LogP contribution in [0.5, 0.6) is 0 Å². The van der Waals surface area contributed by atoms with E-state index in [9.17, 15) is 14.0 Å². The molecule has 0 radical (unpaired) electrons. The number of hydrogen-bond acceptors (Lipinski definition) is 4. The van der Waals surface area contributed by atoms with Crippen LogP contribution in [-0.2, 0) is 11.2 Å². The average molecular weight is 534 g/mol. The lowest BCUT2D eigenvalue weighted by Gasteiger charge is -2.23. The van der Waals surface area contributed by atoms with Gasteiger partial charge in [0.15, 0.2) is 0 Å². The maximum absolute atomic E-state index is 14.4. The molecule has 208 valence electrons. The van der Waals surface area contributed by atoms with Crippen LogP contribution in [0.15, 0.2) is 36.8 Å². The minimum Gasteiger partial charge on any atom is -0.356 e. The Labute approximate surface area is 230 Å². The van der Waals surface area contributed by atoms with Crippen molar-refractivity contribution >= 4 is 22.7 Å². The van der Waals surface area contributed by atoms with Gasteiger partial charge in [-0.25, -0.2) is 4.39 Å². The summed E-state index contributed by atoms with van der Waals surface area (Å²) >= 11 is 0. The van der Waals surface area contributed by atoms with Gasteiger partial charge < -0.3 is 19.7 Å². The summed E-state index contributed by atoms with van der Waals surface area (Å²) in [7, 11) is 1.75. The number of benzene rings is 1. The van der Waals surface area contributed by atoms with E-state index in [1.165, 1.54) is 17.7 Å². The number of nitrogens with one attached hydrogen (secondary N) is 1. The van der Waals surface area contributed by atoms with Gasteiger partial charge in [-0.15, -0.1) is 0 Å². The van der Waals surface area contributed by atoms with Gasteiger partial charge in [-0.3, -0.25) is 14.6 Å². The second-order valence-corrected chi connectivity index (χ2v) is 11.7. The highest BCUT2D eigenvalue weighted by molar-refractivity contribution is 5.99. The van der Waals surface area contributed by atoms with Gasteiger partial charge in [-0.1, -0.05) is 0 Å². The van der Waals surface area contributed by atoms with E-state index in [1.54, 1.807) is 18.0 Å². The van der Waals surface area contributed by atoms with Crippen molar-refractivity contribution in [2.75, 3.05) is 33.2 Å². The topological polar surface area (TPSA) is 70.5 Å². The molecule has 2 aromatic heterocycles. The van der Waals surface area contributed by atoms with Crippen LogP contribution in [0.4, 0.5) is 4.39 Å². The van der Waals surface area contributed by atoms with Crippen LogP contribution in [0.2, 0.25) is 0 Å². The number of aryl methyl sites for hydroxylation is 1. The minimum absolute atomic E-state index is 0.00505. The summed E-state index contributed by atoms with van der Waals surface area (Å²) < 4.78 is 16.4. The normalized spacial score (nSPS) is 20.4. The van der Waals surface area contributed by atoms with Crippen molar-refractivity contribution in [2.24, 2.45) is 11.8 Å². The molecule has 2 aliphatic rings. The highest BCUT2D eigenvalue weighted by atomic mass is 19.1. The van der Waals surface area contributed by atoms with E-state index < -0.39 is 5.82 Å². The summed E-state index contributed by atoms with van der Waals surface area (Å²) in [6.45, 7) is 9.95. The summed E-state index contributed by atoms with van der Waals surface area (Å²) in [6.07, 6.45) is 10.6. The molecule has 0 saturated carbocycles. The zero-order valence-corrected chi connectivity index (χ0v) is 23.5. The molecule has 2 fully saturated rings. The Morgan fingerprint density at radius 3 is 2.82 bits per heavy atom. The maximum atomic E-state index is 14.4. The quantitative estimate of drug-likeness (QED) is 0.477. The first-order valence-corrected chi connectivity index (χ1v) is 14.2. The number of hydrogen-bond donors (Lipinski definition) is 1. The fourth-order valence-electron chi connectivity index (χ4n) is 6.20. The molecule has 0 bridgehead atoms. The molecule has 1 unspecified atom stereocenters. The lowest BCUT2D eigenvalue weighted by molar-refractivity contribution is -0.120. The molecule has 2 amide bonds. The third-order valence-electron chi connectivity index (χ3n) is 8.57. The molecule has 3 aromatic rings. The summed E-state index contributed by atoms with van der Waals surface area (Å²) in [5.41, 5.74) is 4.28. The SMILES string of the molecule is Cc1cncc2c1c(C[C@@H]1CCN(CC3CCNC(=O)CC3)C1)cn2-c1ccc(F)cc1C(=O)N(C)C(C)C. The molecule has 1 aromatic carbocycles. The van der Waals surface area contributed by atoms with Crippen molar-refractivity contribution in [3.8, 4) is 5.69 Å². The van der Waals surface area contributed by atoms with E-state index in [-0.39, 0.29) is 17.9 Å². The Morgan fingerprint density at radius 1 is 1.21 bits per heavy atom. The average Bonchev–Trinajstić information content (AvgIpc) is 3.44. The molecule has 4 heterocycles. The van der Waals surface area contributed by atoms with Gasteiger partial charge in [-0.05, 0) is 94.2 Å². The zero-order valence-electron chi connectivity index (χ0n) is 23.5. The molecule has 1 N–H and O–H groups in total. The fraction of sp³-hybridized carbons (Fsp3) is 0.516. The number of rotatable bonds is 7. The molecular weight excluding hydrogens is 493 g/mol. The summed E-state index contributed by atoms with van der Waals surface area (Å²) in [5, 5.41) is 4.16. The number of carbonyl (C=O) groups is 2. The van der Waals surface area contributed by atoms with Crippen LogP contribution in [-0.4, -0.2) is 70.4 Å². The number of nitrogens with zero attached hydrogens (tertiary/aromatic N) is 4. The predicted octanol–water partition coefficient (Wildman–Crippen LogP) is 4.73. The van der Waals surface area contributed by atoms with Crippen molar-refractivity contribution < 1.29 is 14.0 Å². The van der Waals surface area contributed by atoms with Crippen LogP contribution in [0, 0.1) is 24.6 Å². The number of aromatic nitrogens is 2. The predicted molar refractivity (Wildman–Crippen MR) is 152 cm³/mol. The van der Waals surface area contributed by atoms with Crippen LogP contribution in [0.3, 0.4) is 0 Å². The van der Waals surface area contributed by atoms with Gasteiger partial charge in [0.2, 0.25) is 5.91 Å². The van der Waals surface area contributed by atoms with Crippen molar-refractivity contribution in [3.63, 3.8) is 0 Å². The van der Waals surface area contributed by atoms with Crippen LogP contribution < -0.4 is 5.32 Å². The van der Waals surface area contributed by atoms with Crippen molar-refractivity contribution in [1.82, 2.24) is 24.7 Å². The molecule has 8 heteroatoms. The van der Waals surface area contributed by atoms with Crippen molar-refractivity contribution in [2.45, 2.75) is 58.9 Å². The van der Waals surface area contributed by atoms with Crippen LogP contribution in [0.1, 0.15) is 61.0 Å². The molecule has 2 atom stereocenters. The lowest BCUT2D eigenvalue weighted by Crippen LogP contribution is -2.33.